The third kappa shape index (κ3) is 12.2. The fraction of sp³-hybridized carbons (Fsp3) is 0.958. The predicted molar refractivity (Wildman–Crippen MR) is 122 cm³/mol. The Morgan fingerprint density at radius 1 is 0.839 bits per heavy atom. The van der Waals surface area contributed by atoms with E-state index in [9.17, 15) is 20.1 Å². The number of unbranched alkanes of at least 4 members (excludes halogenated alkanes) is 13. The highest BCUT2D eigenvalue weighted by atomic mass is 16.7. The van der Waals surface area contributed by atoms with Crippen LogP contribution in [0.15, 0.2) is 0 Å². The number of nitrogens with one attached hydrogen (secondary N) is 1. The molecule has 184 valence electrons. The molecule has 1 aliphatic rings. The number of aliphatic hydroxyl groups excluding tert-OH is 3. The van der Waals surface area contributed by atoms with Crippen molar-refractivity contribution < 1.29 is 29.6 Å². The van der Waals surface area contributed by atoms with Gasteiger partial charge in [0.1, 0.15) is 24.4 Å². The molecule has 4 N–H and O–H groups in total. The van der Waals surface area contributed by atoms with Gasteiger partial charge in [-0.25, -0.2) is 0 Å². The number of hydrogen-bond donors (Lipinski definition) is 4. The lowest BCUT2D eigenvalue weighted by atomic mass is 9.97. The van der Waals surface area contributed by atoms with Crippen molar-refractivity contribution in [2.45, 2.75) is 134 Å². The SMILES string of the molecule is CCCCCCCCCCCCCCCCO[C@@H]1O[C@H](CO)[C@H](O)[C@H](O)[C@H]1NC(C)=O. The Morgan fingerprint density at radius 3 is 1.77 bits per heavy atom. The molecule has 1 aliphatic heterocycles. The molecule has 1 amide bonds. The Hall–Kier alpha value is -0.730. The molecule has 7 heteroatoms. The molecule has 0 bridgehead atoms. The van der Waals surface area contributed by atoms with Gasteiger partial charge in [0.05, 0.1) is 6.61 Å². The van der Waals surface area contributed by atoms with Crippen molar-refractivity contribution in [3.05, 3.63) is 0 Å². The number of amides is 1. The maximum atomic E-state index is 11.4. The molecule has 0 unspecified atom stereocenters. The van der Waals surface area contributed by atoms with E-state index in [1.54, 1.807) is 0 Å². The molecule has 0 radical (unpaired) electrons. The molecule has 0 aromatic rings. The normalized spacial score (nSPS) is 26.2. The van der Waals surface area contributed by atoms with Gasteiger partial charge in [0.25, 0.3) is 0 Å². The van der Waals surface area contributed by atoms with Gasteiger partial charge >= 0.3 is 0 Å². The monoisotopic (exact) mass is 445 g/mol. The van der Waals surface area contributed by atoms with E-state index in [1.165, 1.54) is 84.0 Å². The van der Waals surface area contributed by atoms with Gasteiger partial charge < -0.3 is 30.1 Å². The van der Waals surface area contributed by atoms with Gasteiger partial charge in [0.15, 0.2) is 6.29 Å². The van der Waals surface area contributed by atoms with Crippen LogP contribution < -0.4 is 5.32 Å². The van der Waals surface area contributed by atoms with Gasteiger partial charge in [-0.3, -0.25) is 4.79 Å². The third-order valence-electron chi connectivity index (χ3n) is 6.03. The molecule has 1 fully saturated rings. The van der Waals surface area contributed by atoms with E-state index in [4.69, 9.17) is 9.47 Å². The Kier molecular flexibility index (Phi) is 16.2. The Bertz CT molecular complexity index is 450. The van der Waals surface area contributed by atoms with E-state index in [-0.39, 0.29) is 5.91 Å². The number of aliphatic hydroxyl groups is 3. The second-order valence-corrected chi connectivity index (χ2v) is 8.90. The highest BCUT2D eigenvalue weighted by Crippen LogP contribution is 2.22. The van der Waals surface area contributed by atoms with E-state index >= 15 is 0 Å². The first kappa shape index (κ1) is 28.3. The van der Waals surface area contributed by atoms with Crippen molar-refractivity contribution in [1.82, 2.24) is 5.32 Å². The van der Waals surface area contributed by atoms with Crippen molar-refractivity contribution >= 4 is 5.91 Å². The number of carbonyl (C=O) groups excluding carboxylic acids is 1. The summed E-state index contributed by atoms with van der Waals surface area (Å²) in [5, 5.41) is 32.2. The van der Waals surface area contributed by atoms with Gasteiger partial charge in [-0.1, -0.05) is 90.4 Å². The average Bonchev–Trinajstić information content (AvgIpc) is 2.75. The Morgan fingerprint density at radius 2 is 1.32 bits per heavy atom. The summed E-state index contributed by atoms with van der Waals surface area (Å²) in [7, 11) is 0. The summed E-state index contributed by atoms with van der Waals surface area (Å²) in [6.45, 7) is 3.61. The molecular weight excluding hydrogens is 398 g/mol. The lowest BCUT2D eigenvalue weighted by Crippen LogP contribution is -2.64. The van der Waals surface area contributed by atoms with Gasteiger partial charge in [-0.15, -0.1) is 0 Å². The van der Waals surface area contributed by atoms with Crippen LogP contribution in [-0.4, -0.2) is 65.1 Å². The summed E-state index contributed by atoms with van der Waals surface area (Å²) in [5.41, 5.74) is 0. The molecule has 31 heavy (non-hydrogen) atoms. The smallest absolute Gasteiger partial charge is 0.217 e. The first-order valence-corrected chi connectivity index (χ1v) is 12.5. The maximum absolute atomic E-state index is 11.4. The third-order valence-corrected chi connectivity index (χ3v) is 6.03. The number of rotatable bonds is 18. The second kappa shape index (κ2) is 17.8. The topological polar surface area (TPSA) is 108 Å². The molecule has 1 heterocycles. The molecule has 1 rings (SSSR count). The molecular formula is C24H47NO6. The second-order valence-electron chi connectivity index (χ2n) is 8.90. The number of ether oxygens (including phenoxy) is 2. The highest BCUT2D eigenvalue weighted by molar-refractivity contribution is 5.73. The zero-order chi connectivity index (χ0) is 22.9. The summed E-state index contributed by atoms with van der Waals surface area (Å²) in [4.78, 5) is 11.4. The van der Waals surface area contributed by atoms with Gasteiger partial charge in [-0.2, -0.15) is 0 Å². The maximum Gasteiger partial charge on any atom is 0.217 e. The Balaban J connectivity index is 2.07. The van der Waals surface area contributed by atoms with Crippen LogP contribution in [0.25, 0.3) is 0 Å². The van der Waals surface area contributed by atoms with E-state index in [2.05, 4.69) is 12.2 Å². The minimum atomic E-state index is -1.28. The fourth-order valence-electron chi connectivity index (χ4n) is 4.11. The first-order valence-electron chi connectivity index (χ1n) is 12.5. The summed E-state index contributed by atoms with van der Waals surface area (Å²) in [6, 6.07) is -0.859. The van der Waals surface area contributed by atoms with E-state index in [1.807, 2.05) is 0 Å². The van der Waals surface area contributed by atoms with E-state index < -0.39 is 37.3 Å². The van der Waals surface area contributed by atoms with Gasteiger partial charge in [-0.05, 0) is 6.42 Å². The van der Waals surface area contributed by atoms with Crippen molar-refractivity contribution in [1.29, 1.82) is 0 Å². The quantitative estimate of drug-likeness (QED) is 0.241. The first-order chi connectivity index (χ1) is 15.0. The van der Waals surface area contributed by atoms with Crippen LogP contribution in [0.4, 0.5) is 0 Å². The summed E-state index contributed by atoms with van der Waals surface area (Å²) in [6.07, 6.45) is 13.6. The van der Waals surface area contributed by atoms with Crippen LogP contribution >= 0.6 is 0 Å². The van der Waals surface area contributed by atoms with Crippen LogP contribution in [0.3, 0.4) is 0 Å². The molecule has 0 aromatic heterocycles. The van der Waals surface area contributed by atoms with E-state index in [0.717, 1.165) is 12.8 Å². The largest absolute Gasteiger partial charge is 0.394 e. The zero-order valence-electron chi connectivity index (χ0n) is 19.8. The standard InChI is InChI=1S/C24H47NO6/c1-3-4-5-6-7-8-9-10-11-12-13-14-15-16-17-30-24-21(25-19(2)27)23(29)22(28)20(18-26)31-24/h20-24,26,28-29H,3-18H2,1-2H3,(H,25,27)/t20-,21-,22+,23-,24-/m1/s1. The van der Waals surface area contributed by atoms with Crippen molar-refractivity contribution in [3.8, 4) is 0 Å². The minimum Gasteiger partial charge on any atom is -0.394 e. The van der Waals surface area contributed by atoms with Gasteiger partial charge in [0, 0.05) is 13.5 Å². The zero-order valence-corrected chi connectivity index (χ0v) is 19.8. The minimum absolute atomic E-state index is 0.340. The van der Waals surface area contributed by atoms with Gasteiger partial charge in [0.2, 0.25) is 5.91 Å². The average molecular weight is 446 g/mol. The van der Waals surface area contributed by atoms with Crippen LogP contribution in [0, 0.1) is 0 Å². The van der Waals surface area contributed by atoms with Crippen LogP contribution in [0.5, 0.6) is 0 Å². The lowest BCUT2D eigenvalue weighted by Gasteiger charge is -2.42. The molecule has 5 atom stereocenters. The van der Waals surface area contributed by atoms with E-state index in [0.29, 0.717) is 6.61 Å². The van der Waals surface area contributed by atoms with Crippen molar-refractivity contribution in [3.63, 3.8) is 0 Å². The molecule has 1 saturated heterocycles. The van der Waals surface area contributed by atoms with Crippen molar-refractivity contribution in [2.24, 2.45) is 0 Å². The molecule has 0 aromatic carbocycles. The summed E-state index contributed by atoms with van der Waals surface area (Å²) < 4.78 is 11.3. The fourth-order valence-corrected chi connectivity index (χ4v) is 4.11. The highest BCUT2D eigenvalue weighted by Gasteiger charge is 2.45. The molecule has 0 saturated carbocycles. The summed E-state index contributed by atoms with van der Waals surface area (Å²) >= 11 is 0. The van der Waals surface area contributed by atoms with Crippen molar-refractivity contribution in [2.75, 3.05) is 13.2 Å². The molecule has 0 aliphatic carbocycles. The van der Waals surface area contributed by atoms with Crippen LogP contribution in [0.1, 0.15) is 104 Å². The van der Waals surface area contributed by atoms with Crippen LogP contribution in [0.2, 0.25) is 0 Å². The molecule has 0 spiro atoms. The summed E-state index contributed by atoms with van der Waals surface area (Å²) in [5.74, 6) is -0.340. The number of carbonyl (C=O) groups is 1. The number of hydrogen-bond acceptors (Lipinski definition) is 6. The Labute approximate surface area is 188 Å². The molecule has 7 nitrogen and oxygen atoms in total. The lowest BCUT2D eigenvalue weighted by molar-refractivity contribution is -0.270. The van der Waals surface area contributed by atoms with Crippen LogP contribution in [-0.2, 0) is 14.3 Å². The predicted octanol–water partition coefficient (Wildman–Crippen LogP) is 3.43.